The van der Waals surface area contributed by atoms with Gasteiger partial charge in [0.05, 0.1) is 0 Å². The van der Waals surface area contributed by atoms with Crippen LogP contribution in [-0.2, 0) is 23.8 Å². The van der Waals surface area contributed by atoms with E-state index in [4.69, 9.17) is 4.42 Å². The van der Waals surface area contributed by atoms with Gasteiger partial charge in [-0.25, -0.2) is 0 Å². The second-order valence-electron chi connectivity index (χ2n) is 4.31. The lowest BCUT2D eigenvalue weighted by Gasteiger charge is -2.04. The van der Waals surface area contributed by atoms with Crippen molar-refractivity contribution in [1.82, 2.24) is 5.32 Å². The first-order valence-electron chi connectivity index (χ1n) is 6.22. The maximum absolute atomic E-state index is 11.0. The number of hydrogen-bond donors (Lipinski definition) is 1. The Morgan fingerprint density at radius 3 is 2.83 bits per heavy atom. The normalized spacial score (nSPS) is 13.0. The van der Waals surface area contributed by atoms with Crippen LogP contribution in [0, 0.1) is 0 Å². The summed E-state index contributed by atoms with van der Waals surface area (Å²) in [6, 6.07) is 8.11. The summed E-state index contributed by atoms with van der Waals surface area (Å²) in [5.74, 6) is 1.73. The minimum absolute atomic E-state index is 0.692. The Labute approximate surface area is 110 Å². The molecule has 0 aliphatic rings. The van der Waals surface area contributed by atoms with Crippen LogP contribution in [0.5, 0.6) is 0 Å². The van der Waals surface area contributed by atoms with Crippen LogP contribution in [0.15, 0.2) is 28.7 Å². The van der Waals surface area contributed by atoms with Gasteiger partial charge >= 0.3 is 0 Å². The average Bonchev–Trinajstić information content (AvgIpc) is 2.72. The predicted molar refractivity (Wildman–Crippen MR) is 76.2 cm³/mol. The van der Waals surface area contributed by atoms with Crippen molar-refractivity contribution in [1.29, 1.82) is 0 Å². The van der Waals surface area contributed by atoms with Crippen molar-refractivity contribution in [2.75, 3.05) is 18.6 Å². The zero-order chi connectivity index (χ0) is 13.0. The molecule has 0 aliphatic carbocycles. The van der Waals surface area contributed by atoms with Gasteiger partial charge in [-0.3, -0.25) is 4.21 Å². The average molecular weight is 265 g/mol. The summed E-state index contributed by atoms with van der Waals surface area (Å²) in [5, 5.41) is 4.51. The van der Waals surface area contributed by atoms with Crippen molar-refractivity contribution in [3.8, 4) is 0 Å². The third kappa shape index (κ3) is 3.00. The molecule has 1 N–H and O–H groups in total. The highest BCUT2D eigenvalue weighted by atomic mass is 32.2. The van der Waals surface area contributed by atoms with E-state index in [1.807, 2.05) is 18.2 Å². The van der Waals surface area contributed by atoms with E-state index in [1.54, 1.807) is 6.26 Å². The molecule has 1 aromatic heterocycles. The van der Waals surface area contributed by atoms with Crippen molar-refractivity contribution in [3.05, 3.63) is 35.6 Å². The highest BCUT2D eigenvalue weighted by molar-refractivity contribution is 7.84. The van der Waals surface area contributed by atoms with Gasteiger partial charge in [0.25, 0.3) is 0 Å². The van der Waals surface area contributed by atoms with Crippen LogP contribution in [-0.4, -0.2) is 22.8 Å². The smallest absolute Gasteiger partial charge is 0.134 e. The molecule has 0 amide bonds. The molecule has 2 aromatic rings. The molecule has 1 atom stereocenters. The number of rotatable bonds is 6. The fraction of sp³-hybridized carbons (Fsp3) is 0.429. The first-order valence-corrected chi connectivity index (χ1v) is 7.95. The maximum Gasteiger partial charge on any atom is 0.134 e. The van der Waals surface area contributed by atoms with Crippen LogP contribution in [0.3, 0.4) is 0 Å². The molecule has 0 saturated heterocycles. The maximum atomic E-state index is 11.0. The first kappa shape index (κ1) is 13.3. The molecule has 1 unspecified atom stereocenters. The molecule has 18 heavy (non-hydrogen) atoms. The summed E-state index contributed by atoms with van der Waals surface area (Å²) < 4.78 is 16.8. The molecule has 4 heteroatoms. The summed E-state index contributed by atoms with van der Waals surface area (Å²) in [5.41, 5.74) is 2.18. The van der Waals surface area contributed by atoms with Crippen LogP contribution >= 0.6 is 0 Å². The molecule has 0 aliphatic heterocycles. The molecule has 2 rings (SSSR count). The highest BCUT2D eigenvalue weighted by Crippen LogP contribution is 2.25. The Morgan fingerprint density at radius 1 is 1.33 bits per heavy atom. The van der Waals surface area contributed by atoms with Crippen LogP contribution in [0.2, 0.25) is 0 Å². The van der Waals surface area contributed by atoms with E-state index >= 15 is 0 Å². The van der Waals surface area contributed by atoms with E-state index in [1.165, 1.54) is 10.9 Å². The summed E-state index contributed by atoms with van der Waals surface area (Å²) in [7, 11) is -0.734. The van der Waals surface area contributed by atoms with E-state index < -0.39 is 10.8 Å². The van der Waals surface area contributed by atoms with E-state index in [0.717, 1.165) is 30.9 Å². The monoisotopic (exact) mass is 265 g/mol. The number of fused-ring (bicyclic) bond motifs is 1. The van der Waals surface area contributed by atoms with E-state index in [0.29, 0.717) is 5.75 Å². The topological polar surface area (TPSA) is 42.2 Å². The molecule has 0 fully saturated rings. The SMILES string of the molecule is CCc1oc2ccccc2c1CNCCS(C)=O. The first-order chi connectivity index (χ1) is 8.72. The van der Waals surface area contributed by atoms with Gasteiger partial charge in [-0.15, -0.1) is 0 Å². The third-order valence-electron chi connectivity index (χ3n) is 2.97. The predicted octanol–water partition coefficient (Wildman–Crippen LogP) is 2.46. The van der Waals surface area contributed by atoms with Crippen molar-refractivity contribution in [2.45, 2.75) is 19.9 Å². The van der Waals surface area contributed by atoms with Gasteiger partial charge < -0.3 is 9.73 Å². The molecule has 0 spiro atoms. The number of nitrogens with one attached hydrogen (secondary N) is 1. The van der Waals surface area contributed by atoms with Crippen molar-refractivity contribution < 1.29 is 8.63 Å². The fourth-order valence-corrected chi connectivity index (χ4v) is 2.49. The minimum atomic E-state index is -0.734. The van der Waals surface area contributed by atoms with Gasteiger partial charge in [-0.05, 0) is 6.07 Å². The summed E-state index contributed by atoms with van der Waals surface area (Å²) in [6.07, 6.45) is 2.62. The lowest BCUT2D eigenvalue weighted by Crippen LogP contribution is -2.20. The molecule has 98 valence electrons. The van der Waals surface area contributed by atoms with Crippen LogP contribution < -0.4 is 5.32 Å². The van der Waals surface area contributed by atoms with Gasteiger partial charge in [0.2, 0.25) is 0 Å². The summed E-state index contributed by atoms with van der Waals surface area (Å²) in [6.45, 7) is 3.64. The van der Waals surface area contributed by atoms with E-state index in [2.05, 4.69) is 18.3 Å². The molecule has 1 heterocycles. The Kier molecular flexibility index (Phi) is 4.55. The highest BCUT2D eigenvalue weighted by Gasteiger charge is 2.11. The molecule has 3 nitrogen and oxygen atoms in total. The van der Waals surface area contributed by atoms with Crippen molar-refractivity contribution in [3.63, 3.8) is 0 Å². The number of furan rings is 1. The lowest BCUT2D eigenvalue weighted by molar-refractivity contribution is 0.545. The largest absolute Gasteiger partial charge is 0.461 e. The fourth-order valence-electron chi connectivity index (χ4n) is 2.06. The Bertz CT molecular complexity index is 548. The van der Waals surface area contributed by atoms with Gasteiger partial charge in [-0.2, -0.15) is 0 Å². The molecular weight excluding hydrogens is 246 g/mol. The van der Waals surface area contributed by atoms with Gasteiger partial charge in [0, 0.05) is 53.3 Å². The molecule has 1 aromatic carbocycles. The summed E-state index contributed by atoms with van der Waals surface area (Å²) >= 11 is 0. The number of benzene rings is 1. The van der Waals surface area contributed by atoms with Gasteiger partial charge in [0.15, 0.2) is 0 Å². The van der Waals surface area contributed by atoms with Crippen LogP contribution in [0.1, 0.15) is 18.2 Å². The third-order valence-corrected chi connectivity index (χ3v) is 3.75. The Morgan fingerprint density at radius 2 is 2.11 bits per heavy atom. The molecule has 0 saturated carbocycles. The second-order valence-corrected chi connectivity index (χ2v) is 5.86. The van der Waals surface area contributed by atoms with Gasteiger partial charge in [-0.1, -0.05) is 25.1 Å². The molecule has 0 radical (unpaired) electrons. The standard InChI is InChI=1S/C14H19NO2S/c1-3-13-12(10-15-8-9-18(2)16)11-6-4-5-7-14(11)17-13/h4-7,15H,3,8-10H2,1-2H3. The van der Waals surface area contributed by atoms with Crippen LogP contribution in [0.25, 0.3) is 11.0 Å². The lowest BCUT2D eigenvalue weighted by atomic mass is 10.1. The van der Waals surface area contributed by atoms with Gasteiger partial charge in [0.1, 0.15) is 11.3 Å². The zero-order valence-corrected chi connectivity index (χ0v) is 11.7. The van der Waals surface area contributed by atoms with E-state index in [9.17, 15) is 4.21 Å². The number of aryl methyl sites for hydroxylation is 1. The zero-order valence-electron chi connectivity index (χ0n) is 10.9. The van der Waals surface area contributed by atoms with Crippen LogP contribution in [0.4, 0.5) is 0 Å². The molecular formula is C14H19NO2S. The summed E-state index contributed by atoms with van der Waals surface area (Å²) in [4.78, 5) is 0. The number of hydrogen-bond acceptors (Lipinski definition) is 3. The second kappa shape index (κ2) is 6.16. The van der Waals surface area contributed by atoms with Crippen molar-refractivity contribution in [2.24, 2.45) is 0 Å². The van der Waals surface area contributed by atoms with E-state index in [-0.39, 0.29) is 0 Å². The number of para-hydroxylation sites is 1. The molecule has 0 bridgehead atoms. The quantitative estimate of drug-likeness (QED) is 0.816. The van der Waals surface area contributed by atoms with Crippen molar-refractivity contribution >= 4 is 21.8 Å². The Hall–Kier alpha value is -1.13. The Balaban J connectivity index is 2.13. The minimum Gasteiger partial charge on any atom is -0.461 e.